The topological polar surface area (TPSA) is 70.6 Å². The largest absolute Gasteiger partial charge is 0.629 e. The fraction of sp³-hybridized carbons (Fsp3) is 0.250. The highest BCUT2D eigenvalue weighted by molar-refractivity contribution is 5.50. The minimum atomic E-state index is -0.480. The second kappa shape index (κ2) is 2.79. The summed E-state index contributed by atoms with van der Waals surface area (Å²) in [5.74, 6) is 0. The number of benzene rings is 1. The predicted molar refractivity (Wildman–Crippen MR) is 45.7 cm³/mol. The first-order valence-corrected chi connectivity index (χ1v) is 3.99. The van der Waals surface area contributed by atoms with E-state index < -0.39 is 4.92 Å². The lowest BCUT2D eigenvalue weighted by atomic mass is 10.1. The monoisotopic (exact) mass is 180 g/mol. The third kappa shape index (κ3) is 1.28. The number of quaternary nitrogens is 1. The van der Waals surface area contributed by atoms with Gasteiger partial charge in [-0.2, -0.15) is 0 Å². The lowest BCUT2D eigenvalue weighted by Gasteiger charge is -2.14. The molecular weight excluding hydrogens is 172 g/mol. The Kier molecular flexibility index (Phi) is 1.75. The number of hydroxylamine groups is 1. The predicted octanol–water partition coefficient (Wildman–Crippen LogP) is 0.165. The Labute approximate surface area is 74.3 Å². The first-order chi connectivity index (χ1) is 6.18. The van der Waals surface area contributed by atoms with Crippen LogP contribution in [0.25, 0.3) is 0 Å². The molecule has 1 atom stereocenters. The van der Waals surface area contributed by atoms with Gasteiger partial charge in [0, 0.05) is 18.1 Å². The molecule has 0 bridgehead atoms. The number of non-ortho nitro benzene ring substituents is 1. The van der Waals surface area contributed by atoms with E-state index in [1.165, 1.54) is 12.1 Å². The van der Waals surface area contributed by atoms with Gasteiger partial charge in [0.2, 0.25) is 0 Å². The number of hydrogen-bond acceptors (Lipinski definition) is 3. The molecule has 0 amide bonds. The number of rotatable bonds is 1. The quantitative estimate of drug-likeness (QED) is 0.380. The van der Waals surface area contributed by atoms with Crippen LogP contribution in [-0.2, 0) is 6.42 Å². The summed E-state index contributed by atoms with van der Waals surface area (Å²) in [5, 5.41) is 21.6. The van der Waals surface area contributed by atoms with Gasteiger partial charge in [-0.1, -0.05) is 0 Å². The van der Waals surface area contributed by atoms with E-state index in [1.807, 2.05) is 0 Å². The standard InChI is InChI=1S/C8H8N2O3/c11-9-4-3-6-1-2-7(10(12)13)5-8(6)9/h1-2,5,9H,3-4H2. The van der Waals surface area contributed by atoms with Crippen molar-refractivity contribution in [3.8, 4) is 0 Å². The zero-order valence-electron chi connectivity index (χ0n) is 6.82. The van der Waals surface area contributed by atoms with Crippen LogP contribution in [0, 0.1) is 15.3 Å². The Morgan fingerprint density at radius 2 is 2.23 bits per heavy atom. The van der Waals surface area contributed by atoms with Crippen LogP contribution in [0.5, 0.6) is 0 Å². The molecule has 0 aliphatic carbocycles. The van der Waals surface area contributed by atoms with Crippen molar-refractivity contribution in [2.45, 2.75) is 6.42 Å². The molecule has 1 aliphatic heterocycles. The summed E-state index contributed by atoms with van der Waals surface area (Å²) in [4.78, 5) is 9.92. The number of nitrogens with zero attached hydrogens (tertiary/aromatic N) is 1. The lowest BCUT2D eigenvalue weighted by molar-refractivity contribution is -0.768. The molecule has 0 aromatic heterocycles. The van der Waals surface area contributed by atoms with Crippen molar-refractivity contribution in [1.82, 2.24) is 0 Å². The molecule has 1 aliphatic rings. The maximum Gasteiger partial charge on any atom is 0.275 e. The highest BCUT2D eigenvalue weighted by Gasteiger charge is 2.21. The van der Waals surface area contributed by atoms with Gasteiger partial charge >= 0.3 is 0 Å². The van der Waals surface area contributed by atoms with E-state index in [1.54, 1.807) is 6.07 Å². The fourth-order valence-corrected chi connectivity index (χ4v) is 1.54. The third-order valence-corrected chi connectivity index (χ3v) is 2.23. The average molecular weight is 180 g/mol. The molecule has 68 valence electrons. The molecule has 1 N–H and O–H groups in total. The van der Waals surface area contributed by atoms with E-state index in [4.69, 9.17) is 0 Å². The van der Waals surface area contributed by atoms with Gasteiger partial charge in [-0.25, -0.2) is 0 Å². The summed E-state index contributed by atoms with van der Waals surface area (Å²) in [7, 11) is 0. The minimum absolute atomic E-state index is 0.00556. The number of nitro benzene ring substituents is 1. The van der Waals surface area contributed by atoms with E-state index in [2.05, 4.69) is 0 Å². The molecular formula is C8H8N2O3. The van der Waals surface area contributed by atoms with Gasteiger partial charge in [-0.15, -0.1) is 0 Å². The summed E-state index contributed by atoms with van der Waals surface area (Å²) in [6.45, 7) is 0.483. The van der Waals surface area contributed by atoms with Gasteiger partial charge in [0.1, 0.15) is 5.69 Å². The van der Waals surface area contributed by atoms with Crippen LogP contribution >= 0.6 is 0 Å². The van der Waals surface area contributed by atoms with Gasteiger partial charge in [0.25, 0.3) is 5.69 Å². The Morgan fingerprint density at radius 1 is 1.46 bits per heavy atom. The van der Waals surface area contributed by atoms with Gasteiger partial charge < -0.3 is 10.3 Å². The Hall–Kier alpha value is -1.46. The average Bonchev–Trinajstić information content (AvgIpc) is 2.47. The van der Waals surface area contributed by atoms with E-state index >= 15 is 0 Å². The summed E-state index contributed by atoms with van der Waals surface area (Å²) < 4.78 is 0. The van der Waals surface area contributed by atoms with Gasteiger partial charge in [-0.3, -0.25) is 10.1 Å². The maximum absolute atomic E-state index is 11.2. The van der Waals surface area contributed by atoms with E-state index in [-0.39, 0.29) is 10.8 Å². The molecule has 0 saturated carbocycles. The second-order valence-corrected chi connectivity index (χ2v) is 3.02. The molecule has 1 aromatic carbocycles. The zero-order chi connectivity index (χ0) is 9.42. The molecule has 5 heteroatoms. The normalized spacial score (nSPS) is 19.9. The zero-order valence-corrected chi connectivity index (χ0v) is 6.82. The van der Waals surface area contributed by atoms with E-state index in [9.17, 15) is 15.3 Å². The Balaban J connectivity index is 2.47. The summed E-state index contributed by atoms with van der Waals surface area (Å²) in [6, 6.07) is 4.47. The van der Waals surface area contributed by atoms with Crippen molar-refractivity contribution < 1.29 is 9.99 Å². The summed E-state index contributed by atoms with van der Waals surface area (Å²) in [5.41, 5.74) is 1.44. The fourth-order valence-electron chi connectivity index (χ4n) is 1.54. The first-order valence-electron chi connectivity index (χ1n) is 3.99. The van der Waals surface area contributed by atoms with Crippen molar-refractivity contribution in [3.63, 3.8) is 0 Å². The van der Waals surface area contributed by atoms with Crippen molar-refractivity contribution in [2.24, 2.45) is 0 Å². The molecule has 0 spiro atoms. The molecule has 1 heterocycles. The molecule has 1 unspecified atom stereocenters. The lowest BCUT2D eigenvalue weighted by Crippen LogP contribution is -3.00. The summed E-state index contributed by atoms with van der Waals surface area (Å²) >= 11 is 0. The Morgan fingerprint density at radius 3 is 2.92 bits per heavy atom. The summed E-state index contributed by atoms with van der Waals surface area (Å²) in [6.07, 6.45) is 0.714. The smallest absolute Gasteiger partial charge is 0.275 e. The van der Waals surface area contributed by atoms with E-state index in [0.29, 0.717) is 18.7 Å². The van der Waals surface area contributed by atoms with Crippen LogP contribution in [0.4, 0.5) is 11.4 Å². The number of nitro groups is 1. The highest BCUT2D eigenvalue weighted by atomic mass is 16.6. The third-order valence-electron chi connectivity index (χ3n) is 2.23. The van der Waals surface area contributed by atoms with Gasteiger partial charge in [-0.05, 0) is 6.07 Å². The van der Waals surface area contributed by atoms with Crippen LogP contribution < -0.4 is 5.06 Å². The van der Waals surface area contributed by atoms with Gasteiger partial charge in [0.15, 0.2) is 0 Å². The van der Waals surface area contributed by atoms with Crippen molar-refractivity contribution in [1.29, 1.82) is 0 Å². The molecule has 0 saturated heterocycles. The molecule has 1 aromatic rings. The minimum Gasteiger partial charge on any atom is -0.629 e. The van der Waals surface area contributed by atoms with Crippen LogP contribution in [0.1, 0.15) is 5.56 Å². The maximum atomic E-state index is 11.2. The van der Waals surface area contributed by atoms with Crippen LogP contribution in [0.2, 0.25) is 0 Å². The van der Waals surface area contributed by atoms with Crippen molar-refractivity contribution >= 4 is 11.4 Å². The van der Waals surface area contributed by atoms with Crippen LogP contribution in [0.15, 0.2) is 18.2 Å². The first kappa shape index (κ1) is 8.15. The van der Waals surface area contributed by atoms with Crippen molar-refractivity contribution in [2.75, 3.05) is 6.54 Å². The highest BCUT2D eigenvalue weighted by Crippen LogP contribution is 2.22. The van der Waals surface area contributed by atoms with E-state index in [0.717, 1.165) is 5.56 Å². The van der Waals surface area contributed by atoms with Gasteiger partial charge in [0.05, 0.1) is 17.5 Å². The Bertz CT molecular complexity index is 364. The second-order valence-electron chi connectivity index (χ2n) is 3.02. The van der Waals surface area contributed by atoms with Crippen LogP contribution in [0.3, 0.4) is 0 Å². The number of nitrogens with one attached hydrogen (secondary N) is 1. The number of fused-ring (bicyclic) bond motifs is 1. The van der Waals surface area contributed by atoms with Crippen LogP contribution in [-0.4, -0.2) is 11.5 Å². The molecule has 2 rings (SSSR count). The molecule has 13 heavy (non-hydrogen) atoms. The van der Waals surface area contributed by atoms with Crippen molar-refractivity contribution in [3.05, 3.63) is 39.1 Å². The number of hydrogen-bond donors (Lipinski definition) is 1. The SMILES string of the molecule is O=[N+]([O-])c1ccc2c(c1)[NH+]([O-])CC2. The molecule has 5 nitrogen and oxygen atoms in total. The molecule has 0 radical (unpaired) electrons. The molecule has 0 fully saturated rings.